The monoisotopic (exact) mass is 218 g/mol. The average molecular weight is 218 g/mol. The fourth-order valence-corrected chi connectivity index (χ4v) is 1.87. The van der Waals surface area contributed by atoms with E-state index in [9.17, 15) is 4.79 Å². The Balaban J connectivity index is 2.08. The van der Waals surface area contributed by atoms with E-state index in [1.165, 1.54) is 5.56 Å². The molecule has 1 heterocycles. The summed E-state index contributed by atoms with van der Waals surface area (Å²) in [6.45, 7) is 7.20. The van der Waals surface area contributed by atoms with Gasteiger partial charge in [-0.1, -0.05) is 0 Å². The van der Waals surface area contributed by atoms with E-state index in [4.69, 9.17) is 0 Å². The smallest absolute Gasteiger partial charge is 0.150 e. The Morgan fingerprint density at radius 3 is 2.75 bits per heavy atom. The van der Waals surface area contributed by atoms with Crippen molar-refractivity contribution in [1.82, 2.24) is 5.32 Å². The lowest BCUT2D eigenvalue weighted by atomic mass is 10.0. The molecule has 3 nitrogen and oxygen atoms in total. The van der Waals surface area contributed by atoms with Gasteiger partial charge in [0.2, 0.25) is 0 Å². The molecule has 86 valence electrons. The predicted octanol–water partition coefficient (Wildman–Crippen LogP) is 1.75. The standard InChI is InChI=1S/C13H18N2O/c1-9-3-13(4-12(8-16)10(9)2)15-7-11-5-14-6-11/h3-4,8,11,14-15H,5-7H2,1-2H3. The van der Waals surface area contributed by atoms with Gasteiger partial charge in [0.25, 0.3) is 0 Å². The van der Waals surface area contributed by atoms with Crippen molar-refractivity contribution in [1.29, 1.82) is 0 Å². The molecular formula is C13H18N2O. The van der Waals surface area contributed by atoms with Crippen molar-refractivity contribution >= 4 is 12.0 Å². The van der Waals surface area contributed by atoms with Gasteiger partial charge in [-0.15, -0.1) is 0 Å². The Labute approximate surface area is 96.2 Å². The summed E-state index contributed by atoms with van der Waals surface area (Å²) < 4.78 is 0. The topological polar surface area (TPSA) is 41.1 Å². The maximum absolute atomic E-state index is 10.9. The molecule has 0 spiro atoms. The highest BCUT2D eigenvalue weighted by molar-refractivity contribution is 5.80. The number of aldehydes is 1. The Morgan fingerprint density at radius 2 is 2.19 bits per heavy atom. The van der Waals surface area contributed by atoms with Crippen LogP contribution in [0.3, 0.4) is 0 Å². The lowest BCUT2D eigenvalue weighted by molar-refractivity contribution is 0.112. The molecule has 1 aliphatic rings. The molecule has 1 aromatic carbocycles. The Hall–Kier alpha value is -1.35. The summed E-state index contributed by atoms with van der Waals surface area (Å²) >= 11 is 0. The van der Waals surface area contributed by atoms with Gasteiger partial charge >= 0.3 is 0 Å². The van der Waals surface area contributed by atoms with Gasteiger partial charge in [0.1, 0.15) is 6.29 Å². The molecule has 16 heavy (non-hydrogen) atoms. The maximum Gasteiger partial charge on any atom is 0.150 e. The van der Waals surface area contributed by atoms with Gasteiger partial charge in [0.05, 0.1) is 0 Å². The van der Waals surface area contributed by atoms with Crippen LogP contribution in [0.2, 0.25) is 0 Å². The second-order valence-corrected chi connectivity index (χ2v) is 4.53. The molecule has 0 radical (unpaired) electrons. The van der Waals surface area contributed by atoms with E-state index in [0.29, 0.717) is 0 Å². The Kier molecular flexibility index (Phi) is 3.25. The van der Waals surface area contributed by atoms with Crippen molar-refractivity contribution in [3.8, 4) is 0 Å². The summed E-state index contributed by atoms with van der Waals surface area (Å²) in [4.78, 5) is 10.9. The molecule has 0 aliphatic carbocycles. The lowest BCUT2D eigenvalue weighted by Crippen LogP contribution is -2.45. The van der Waals surface area contributed by atoms with E-state index in [0.717, 1.165) is 48.7 Å². The number of rotatable bonds is 4. The number of carbonyl (C=O) groups excluding carboxylic acids is 1. The summed E-state index contributed by atoms with van der Waals surface area (Å²) in [5.74, 6) is 0.723. The first-order valence-corrected chi connectivity index (χ1v) is 5.71. The molecule has 0 amide bonds. The SMILES string of the molecule is Cc1cc(NCC2CNC2)cc(C=O)c1C. The summed E-state index contributed by atoms with van der Waals surface area (Å²) in [7, 11) is 0. The summed E-state index contributed by atoms with van der Waals surface area (Å²) in [6, 6.07) is 4.04. The quantitative estimate of drug-likeness (QED) is 0.756. The van der Waals surface area contributed by atoms with Crippen LogP contribution in [0, 0.1) is 19.8 Å². The molecule has 1 aromatic rings. The predicted molar refractivity (Wildman–Crippen MR) is 66.2 cm³/mol. The summed E-state index contributed by atoms with van der Waals surface area (Å²) in [6.07, 6.45) is 0.929. The van der Waals surface area contributed by atoms with Crippen molar-refractivity contribution in [3.63, 3.8) is 0 Å². The highest BCUT2D eigenvalue weighted by atomic mass is 16.1. The van der Waals surface area contributed by atoms with Gasteiger partial charge in [0, 0.05) is 36.8 Å². The number of hydrogen-bond donors (Lipinski definition) is 2. The first kappa shape index (κ1) is 11.1. The second kappa shape index (κ2) is 4.66. The number of aryl methyl sites for hydroxylation is 1. The van der Waals surface area contributed by atoms with Gasteiger partial charge in [-0.3, -0.25) is 4.79 Å². The van der Waals surface area contributed by atoms with Gasteiger partial charge in [0.15, 0.2) is 0 Å². The Morgan fingerprint density at radius 1 is 1.44 bits per heavy atom. The molecule has 3 heteroatoms. The normalized spacial score (nSPS) is 15.6. The van der Waals surface area contributed by atoms with Crippen LogP contribution in [0.1, 0.15) is 21.5 Å². The minimum Gasteiger partial charge on any atom is -0.385 e. The van der Waals surface area contributed by atoms with Crippen molar-refractivity contribution in [2.24, 2.45) is 5.92 Å². The molecule has 2 rings (SSSR count). The van der Waals surface area contributed by atoms with E-state index in [-0.39, 0.29) is 0 Å². The van der Waals surface area contributed by atoms with Crippen LogP contribution in [0.5, 0.6) is 0 Å². The summed E-state index contributed by atoms with van der Waals surface area (Å²) in [5, 5.41) is 6.63. The van der Waals surface area contributed by atoms with Crippen LogP contribution >= 0.6 is 0 Å². The van der Waals surface area contributed by atoms with Gasteiger partial charge in [-0.2, -0.15) is 0 Å². The molecule has 1 fully saturated rings. The van der Waals surface area contributed by atoms with E-state index in [2.05, 4.69) is 16.7 Å². The zero-order valence-electron chi connectivity index (χ0n) is 9.84. The molecule has 0 saturated carbocycles. The molecule has 1 aliphatic heterocycles. The second-order valence-electron chi connectivity index (χ2n) is 4.53. The third-order valence-corrected chi connectivity index (χ3v) is 3.30. The lowest BCUT2D eigenvalue weighted by Gasteiger charge is -2.27. The Bertz CT molecular complexity index is 397. The summed E-state index contributed by atoms with van der Waals surface area (Å²) in [5.41, 5.74) is 4.08. The van der Waals surface area contributed by atoms with E-state index < -0.39 is 0 Å². The molecule has 0 aromatic heterocycles. The van der Waals surface area contributed by atoms with Crippen molar-refractivity contribution in [2.75, 3.05) is 25.0 Å². The molecule has 0 unspecified atom stereocenters. The molecule has 1 saturated heterocycles. The maximum atomic E-state index is 10.9. The van der Waals surface area contributed by atoms with Gasteiger partial charge < -0.3 is 10.6 Å². The van der Waals surface area contributed by atoms with Crippen molar-refractivity contribution in [2.45, 2.75) is 13.8 Å². The minimum atomic E-state index is 0.723. The highest BCUT2D eigenvalue weighted by Crippen LogP contribution is 2.19. The number of carbonyl (C=O) groups is 1. The first-order valence-electron chi connectivity index (χ1n) is 5.71. The third kappa shape index (κ3) is 2.25. The highest BCUT2D eigenvalue weighted by Gasteiger charge is 2.16. The van der Waals surface area contributed by atoms with Crippen molar-refractivity contribution < 1.29 is 4.79 Å². The number of benzene rings is 1. The third-order valence-electron chi connectivity index (χ3n) is 3.30. The number of anilines is 1. The average Bonchev–Trinajstić information content (AvgIpc) is 2.20. The zero-order chi connectivity index (χ0) is 11.5. The first-order chi connectivity index (χ1) is 7.70. The van der Waals surface area contributed by atoms with E-state index in [1.807, 2.05) is 19.9 Å². The minimum absolute atomic E-state index is 0.723. The van der Waals surface area contributed by atoms with Crippen LogP contribution < -0.4 is 10.6 Å². The van der Waals surface area contributed by atoms with Crippen LogP contribution in [0.25, 0.3) is 0 Å². The van der Waals surface area contributed by atoms with Crippen LogP contribution in [-0.4, -0.2) is 25.9 Å². The molecule has 2 N–H and O–H groups in total. The molecule has 0 atom stereocenters. The van der Waals surface area contributed by atoms with Crippen LogP contribution in [0.4, 0.5) is 5.69 Å². The van der Waals surface area contributed by atoms with Crippen LogP contribution in [-0.2, 0) is 0 Å². The zero-order valence-corrected chi connectivity index (χ0v) is 9.84. The fraction of sp³-hybridized carbons (Fsp3) is 0.462. The molecule has 0 bridgehead atoms. The molecular weight excluding hydrogens is 200 g/mol. The number of nitrogens with one attached hydrogen (secondary N) is 2. The van der Waals surface area contributed by atoms with E-state index >= 15 is 0 Å². The largest absolute Gasteiger partial charge is 0.385 e. The van der Waals surface area contributed by atoms with Gasteiger partial charge in [-0.25, -0.2) is 0 Å². The van der Waals surface area contributed by atoms with Gasteiger partial charge in [-0.05, 0) is 37.1 Å². The van der Waals surface area contributed by atoms with Crippen molar-refractivity contribution in [3.05, 3.63) is 28.8 Å². The number of hydrogen-bond acceptors (Lipinski definition) is 3. The fourth-order valence-electron chi connectivity index (χ4n) is 1.87. The van der Waals surface area contributed by atoms with Crippen LogP contribution in [0.15, 0.2) is 12.1 Å². The van der Waals surface area contributed by atoms with E-state index in [1.54, 1.807) is 0 Å².